The molecule has 1 aromatic heterocycles. The van der Waals surface area contributed by atoms with Crippen LogP contribution in [0.1, 0.15) is 11.1 Å². The van der Waals surface area contributed by atoms with E-state index in [2.05, 4.69) is 58.9 Å². The summed E-state index contributed by atoms with van der Waals surface area (Å²) in [5.41, 5.74) is 4.46. The highest BCUT2D eigenvalue weighted by Crippen LogP contribution is 2.11. The van der Waals surface area contributed by atoms with Gasteiger partial charge < -0.3 is 15.2 Å². The second-order valence-corrected chi connectivity index (χ2v) is 5.72. The van der Waals surface area contributed by atoms with Crippen LogP contribution in [-0.2, 0) is 6.54 Å². The normalized spacial score (nSPS) is 10.3. The smallest absolute Gasteiger partial charge is 0.171 e. The Hall–Kier alpha value is -2.66. The Kier molecular flexibility index (Phi) is 4.68. The molecule has 116 valence electrons. The van der Waals surface area contributed by atoms with Crippen LogP contribution in [0.2, 0.25) is 0 Å². The van der Waals surface area contributed by atoms with Crippen molar-refractivity contribution in [3.63, 3.8) is 0 Å². The van der Waals surface area contributed by atoms with Gasteiger partial charge in [0.25, 0.3) is 0 Å². The zero-order valence-electron chi connectivity index (χ0n) is 12.9. The predicted molar refractivity (Wildman–Crippen MR) is 97.8 cm³/mol. The number of anilines is 1. The van der Waals surface area contributed by atoms with Crippen molar-refractivity contribution >= 4 is 23.0 Å². The van der Waals surface area contributed by atoms with Crippen molar-refractivity contribution in [1.29, 1.82) is 0 Å². The highest BCUT2D eigenvalue weighted by atomic mass is 32.1. The molecule has 0 bridgehead atoms. The maximum Gasteiger partial charge on any atom is 0.171 e. The molecule has 3 aromatic rings. The third-order valence-corrected chi connectivity index (χ3v) is 3.71. The van der Waals surface area contributed by atoms with Crippen LogP contribution < -0.4 is 10.6 Å². The van der Waals surface area contributed by atoms with Crippen LogP contribution in [-0.4, -0.2) is 14.7 Å². The topological polar surface area (TPSA) is 41.9 Å². The van der Waals surface area contributed by atoms with Gasteiger partial charge in [-0.1, -0.05) is 24.3 Å². The van der Waals surface area contributed by atoms with Gasteiger partial charge >= 0.3 is 0 Å². The lowest BCUT2D eigenvalue weighted by atomic mass is 10.2. The minimum atomic E-state index is 0.620. The molecule has 0 fully saturated rings. The number of nitrogens with one attached hydrogen (secondary N) is 2. The number of aryl methyl sites for hydroxylation is 1. The summed E-state index contributed by atoms with van der Waals surface area (Å²) >= 11 is 5.33. The van der Waals surface area contributed by atoms with Crippen LogP contribution in [0.5, 0.6) is 0 Å². The van der Waals surface area contributed by atoms with Crippen molar-refractivity contribution in [2.75, 3.05) is 5.32 Å². The molecule has 4 nitrogen and oxygen atoms in total. The molecule has 0 aliphatic carbocycles. The second-order valence-electron chi connectivity index (χ2n) is 5.31. The highest BCUT2D eigenvalue weighted by Gasteiger charge is 2.00. The molecular weight excluding hydrogens is 304 g/mol. The molecule has 0 aliphatic heterocycles. The Balaban J connectivity index is 1.54. The number of hydrogen-bond donors (Lipinski definition) is 2. The van der Waals surface area contributed by atoms with Crippen molar-refractivity contribution in [3.8, 4) is 5.69 Å². The van der Waals surface area contributed by atoms with Gasteiger partial charge in [0.15, 0.2) is 5.11 Å². The molecule has 0 aliphatic rings. The lowest BCUT2D eigenvalue weighted by Gasteiger charge is -2.11. The summed E-state index contributed by atoms with van der Waals surface area (Å²) in [6.07, 6.45) is 5.48. The van der Waals surface area contributed by atoms with Crippen molar-refractivity contribution in [3.05, 3.63) is 78.4 Å². The molecule has 0 atom stereocenters. The summed E-state index contributed by atoms with van der Waals surface area (Å²) in [7, 11) is 0. The summed E-state index contributed by atoms with van der Waals surface area (Å²) in [6, 6.07) is 16.4. The van der Waals surface area contributed by atoms with Gasteiger partial charge in [-0.25, -0.2) is 4.98 Å². The summed E-state index contributed by atoms with van der Waals surface area (Å²) in [4.78, 5) is 4.05. The van der Waals surface area contributed by atoms with E-state index in [9.17, 15) is 0 Å². The largest absolute Gasteiger partial charge is 0.358 e. The number of benzene rings is 2. The molecule has 0 radical (unpaired) electrons. The monoisotopic (exact) mass is 322 g/mol. The zero-order chi connectivity index (χ0) is 16.1. The Morgan fingerprint density at radius 3 is 2.70 bits per heavy atom. The number of rotatable bonds is 4. The van der Waals surface area contributed by atoms with E-state index in [0.29, 0.717) is 11.7 Å². The van der Waals surface area contributed by atoms with Crippen LogP contribution >= 0.6 is 12.2 Å². The van der Waals surface area contributed by atoms with Crippen molar-refractivity contribution < 1.29 is 0 Å². The highest BCUT2D eigenvalue weighted by molar-refractivity contribution is 7.80. The first-order chi connectivity index (χ1) is 11.2. The van der Waals surface area contributed by atoms with E-state index in [1.807, 2.05) is 22.9 Å². The van der Waals surface area contributed by atoms with E-state index in [1.165, 1.54) is 11.1 Å². The molecular formula is C18H18N4S. The first kappa shape index (κ1) is 15.2. The molecule has 0 saturated heterocycles. The molecule has 0 amide bonds. The number of imidazole rings is 1. The standard InChI is InChI=1S/C18H18N4S/c1-14-3-2-4-16(11-14)21-18(23)20-12-15-5-7-17(8-6-15)22-10-9-19-13-22/h2-11,13H,12H2,1H3,(H2,20,21,23). The Morgan fingerprint density at radius 1 is 1.17 bits per heavy atom. The summed E-state index contributed by atoms with van der Waals surface area (Å²) < 4.78 is 1.97. The van der Waals surface area contributed by atoms with E-state index in [1.54, 1.807) is 12.5 Å². The fourth-order valence-corrected chi connectivity index (χ4v) is 2.47. The van der Waals surface area contributed by atoms with Gasteiger partial charge in [-0.2, -0.15) is 0 Å². The maximum absolute atomic E-state index is 5.33. The molecule has 1 heterocycles. The van der Waals surface area contributed by atoms with Gasteiger partial charge in [-0.15, -0.1) is 0 Å². The lowest BCUT2D eigenvalue weighted by molar-refractivity contribution is 0.923. The number of thiocarbonyl (C=S) groups is 1. The zero-order valence-corrected chi connectivity index (χ0v) is 13.7. The first-order valence-electron chi connectivity index (χ1n) is 7.39. The van der Waals surface area contributed by atoms with Crippen LogP contribution in [0, 0.1) is 6.92 Å². The van der Waals surface area contributed by atoms with Crippen molar-refractivity contribution in [2.45, 2.75) is 13.5 Å². The van der Waals surface area contributed by atoms with Crippen LogP contribution in [0.15, 0.2) is 67.3 Å². The average Bonchev–Trinajstić information content (AvgIpc) is 3.08. The predicted octanol–water partition coefficient (Wildman–Crippen LogP) is 3.67. The fourth-order valence-electron chi connectivity index (χ4n) is 2.28. The molecule has 0 saturated carbocycles. The minimum Gasteiger partial charge on any atom is -0.358 e. The van der Waals surface area contributed by atoms with Gasteiger partial charge in [-0.05, 0) is 54.5 Å². The summed E-state index contributed by atoms with van der Waals surface area (Å²) in [5, 5.41) is 7.04. The first-order valence-corrected chi connectivity index (χ1v) is 7.80. The van der Waals surface area contributed by atoms with Crippen LogP contribution in [0.25, 0.3) is 5.69 Å². The maximum atomic E-state index is 5.33. The van der Waals surface area contributed by atoms with Crippen LogP contribution in [0.3, 0.4) is 0 Å². The van der Waals surface area contributed by atoms with E-state index in [4.69, 9.17) is 12.2 Å². The number of aromatic nitrogens is 2. The van der Waals surface area contributed by atoms with E-state index in [-0.39, 0.29) is 0 Å². The molecule has 0 spiro atoms. The molecule has 5 heteroatoms. The lowest BCUT2D eigenvalue weighted by Crippen LogP contribution is -2.27. The van der Waals surface area contributed by atoms with Gasteiger partial charge in [0.2, 0.25) is 0 Å². The Bertz CT molecular complexity index is 779. The van der Waals surface area contributed by atoms with Crippen molar-refractivity contribution in [2.24, 2.45) is 0 Å². The van der Waals surface area contributed by atoms with Crippen LogP contribution in [0.4, 0.5) is 5.69 Å². The molecule has 23 heavy (non-hydrogen) atoms. The molecule has 3 rings (SSSR count). The number of nitrogens with zero attached hydrogens (tertiary/aromatic N) is 2. The minimum absolute atomic E-state index is 0.620. The third kappa shape index (κ3) is 4.17. The molecule has 2 aromatic carbocycles. The van der Waals surface area contributed by atoms with Gasteiger partial charge in [0.05, 0.1) is 6.33 Å². The number of hydrogen-bond acceptors (Lipinski definition) is 2. The van der Waals surface area contributed by atoms with Gasteiger partial charge in [0.1, 0.15) is 0 Å². The van der Waals surface area contributed by atoms with Crippen molar-refractivity contribution in [1.82, 2.24) is 14.9 Å². The second kappa shape index (κ2) is 7.07. The van der Waals surface area contributed by atoms with E-state index < -0.39 is 0 Å². The Morgan fingerprint density at radius 2 is 2.00 bits per heavy atom. The summed E-state index contributed by atoms with van der Waals surface area (Å²) in [6.45, 7) is 2.74. The quantitative estimate of drug-likeness (QED) is 0.719. The SMILES string of the molecule is Cc1cccc(NC(=S)NCc2ccc(-n3ccnc3)cc2)c1. The fraction of sp³-hybridized carbons (Fsp3) is 0.111. The Labute approximate surface area is 141 Å². The van der Waals surface area contributed by atoms with E-state index >= 15 is 0 Å². The summed E-state index contributed by atoms with van der Waals surface area (Å²) in [5.74, 6) is 0. The third-order valence-electron chi connectivity index (χ3n) is 3.47. The van der Waals surface area contributed by atoms with Gasteiger partial charge in [0, 0.05) is 30.3 Å². The van der Waals surface area contributed by atoms with Gasteiger partial charge in [-0.3, -0.25) is 0 Å². The molecule has 0 unspecified atom stereocenters. The average molecular weight is 322 g/mol. The van der Waals surface area contributed by atoms with E-state index in [0.717, 1.165) is 11.4 Å². The molecule has 2 N–H and O–H groups in total.